The summed E-state index contributed by atoms with van der Waals surface area (Å²) in [7, 11) is -3.96. The van der Waals surface area contributed by atoms with Crippen molar-refractivity contribution >= 4 is 27.1 Å². The third-order valence-corrected chi connectivity index (χ3v) is 7.64. The van der Waals surface area contributed by atoms with E-state index in [1.807, 2.05) is 0 Å². The number of aromatic nitrogens is 1. The number of rotatable bonds is 3. The molecule has 31 heavy (non-hydrogen) atoms. The van der Waals surface area contributed by atoms with Gasteiger partial charge in [0.05, 0.1) is 18.0 Å². The predicted octanol–water partition coefficient (Wildman–Crippen LogP) is 3.07. The second-order valence-corrected chi connectivity index (χ2v) is 9.34. The normalized spacial score (nSPS) is 25.0. The molecule has 5 rings (SSSR count). The molecule has 0 unspecified atom stereocenters. The summed E-state index contributed by atoms with van der Waals surface area (Å²) in [6, 6.07) is 9.62. The molecule has 2 aliphatic heterocycles. The number of benzene rings is 2. The lowest BCUT2D eigenvalue weighted by Gasteiger charge is -2.44. The maximum absolute atomic E-state index is 15.5. The molecule has 0 aliphatic carbocycles. The van der Waals surface area contributed by atoms with Crippen LogP contribution in [0.3, 0.4) is 0 Å². The average molecular weight is 453 g/mol. The van der Waals surface area contributed by atoms with Crippen molar-refractivity contribution in [3.8, 4) is 0 Å². The molecule has 2 saturated heterocycles. The van der Waals surface area contributed by atoms with Crippen molar-refractivity contribution < 1.29 is 30.7 Å². The van der Waals surface area contributed by atoms with Gasteiger partial charge in [-0.05, 0) is 12.1 Å². The van der Waals surface area contributed by atoms with Crippen LogP contribution in [0.5, 0.6) is 0 Å². The summed E-state index contributed by atoms with van der Waals surface area (Å²) >= 11 is 0. The summed E-state index contributed by atoms with van der Waals surface area (Å²) < 4.78 is 80.9. The van der Waals surface area contributed by atoms with Crippen LogP contribution in [-0.2, 0) is 14.8 Å². The number of alkyl halides is 1. The molecule has 11 heteroatoms. The Balaban J connectivity index is 1.42. The van der Waals surface area contributed by atoms with Gasteiger partial charge in [-0.3, -0.25) is 0 Å². The second kappa shape index (κ2) is 7.21. The van der Waals surface area contributed by atoms with Crippen molar-refractivity contribution in [2.75, 3.05) is 31.1 Å². The lowest BCUT2D eigenvalue weighted by Crippen LogP contribution is -2.62. The topological polar surface area (TPSA) is 75.9 Å². The van der Waals surface area contributed by atoms with Gasteiger partial charge in [-0.1, -0.05) is 18.2 Å². The molecule has 164 valence electrons. The van der Waals surface area contributed by atoms with E-state index in [1.165, 1.54) is 17.0 Å². The van der Waals surface area contributed by atoms with Crippen molar-refractivity contribution in [1.82, 2.24) is 9.29 Å². The Morgan fingerprint density at radius 3 is 2.58 bits per heavy atom. The third-order valence-electron chi connectivity index (χ3n) is 5.70. The van der Waals surface area contributed by atoms with Crippen molar-refractivity contribution in [3.63, 3.8) is 0 Å². The zero-order chi connectivity index (χ0) is 21.8. The van der Waals surface area contributed by atoms with Crippen LogP contribution < -0.4 is 4.90 Å². The number of piperidine rings is 1. The van der Waals surface area contributed by atoms with E-state index in [0.29, 0.717) is 0 Å². The minimum absolute atomic E-state index is 0.00737. The van der Waals surface area contributed by atoms with Gasteiger partial charge in [-0.2, -0.15) is 9.29 Å². The second-order valence-electron chi connectivity index (χ2n) is 7.48. The van der Waals surface area contributed by atoms with E-state index in [1.54, 1.807) is 18.2 Å². The average Bonchev–Trinajstić information content (AvgIpc) is 3.36. The maximum atomic E-state index is 15.5. The molecule has 2 atom stereocenters. The van der Waals surface area contributed by atoms with Crippen molar-refractivity contribution in [1.29, 1.82) is 0 Å². The molecule has 0 radical (unpaired) electrons. The number of oxazole rings is 1. The van der Waals surface area contributed by atoms with Crippen LogP contribution in [0.15, 0.2) is 51.8 Å². The summed E-state index contributed by atoms with van der Waals surface area (Å²) in [5.41, 5.74) is -1.49. The first kappa shape index (κ1) is 20.3. The highest BCUT2D eigenvalue weighted by molar-refractivity contribution is 7.89. The van der Waals surface area contributed by atoms with Gasteiger partial charge in [0.15, 0.2) is 29.1 Å². The quantitative estimate of drug-likeness (QED) is 0.607. The molecule has 2 fully saturated rings. The fourth-order valence-electron chi connectivity index (χ4n) is 4.15. The first-order valence-electron chi connectivity index (χ1n) is 9.68. The van der Waals surface area contributed by atoms with E-state index in [2.05, 4.69) is 4.98 Å². The molecule has 3 aromatic rings. The van der Waals surface area contributed by atoms with Crippen LogP contribution in [-0.4, -0.2) is 55.8 Å². The largest absolute Gasteiger partial charge is 0.423 e. The number of anilines is 1. The van der Waals surface area contributed by atoms with Gasteiger partial charge in [-0.25, -0.2) is 21.6 Å². The van der Waals surface area contributed by atoms with E-state index in [0.717, 1.165) is 16.4 Å². The minimum atomic E-state index is -3.96. The molecule has 3 heterocycles. The Hall–Kier alpha value is -2.63. The molecule has 0 bridgehead atoms. The molecule has 2 aliphatic rings. The number of fused-ring (bicyclic) bond motifs is 1. The van der Waals surface area contributed by atoms with Crippen molar-refractivity contribution in [2.45, 2.75) is 23.2 Å². The molecule has 1 spiro atoms. The molecule has 7 nitrogen and oxygen atoms in total. The van der Waals surface area contributed by atoms with Crippen LogP contribution in [0.1, 0.15) is 6.42 Å². The summed E-state index contributed by atoms with van der Waals surface area (Å²) in [5.74, 6) is -2.13. The molecular formula is C20H18F3N3O4S. The summed E-state index contributed by atoms with van der Waals surface area (Å²) in [6.45, 7) is 0.0463. The zero-order valence-electron chi connectivity index (χ0n) is 16.2. The van der Waals surface area contributed by atoms with Crippen LogP contribution in [0.25, 0.3) is 11.1 Å². The van der Waals surface area contributed by atoms with E-state index >= 15 is 4.39 Å². The fraction of sp³-hybridized carbons (Fsp3) is 0.350. The monoisotopic (exact) mass is 453 g/mol. The van der Waals surface area contributed by atoms with E-state index in [4.69, 9.17) is 9.15 Å². The Morgan fingerprint density at radius 2 is 1.84 bits per heavy atom. The Kier molecular flexibility index (Phi) is 4.72. The zero-order valence-corrected chi connectivity index (χ0v) is 17.0. The Labute approximate surface area is 176 Å². The molecule has 1 aromatic heterocycles. The summed E-state index contributed by atoms with van der Waals surface area (Å²) in [6.07, 6.45) is -1.67. The molecule has 0 saturated carbocycles. The van der Waals surface area contributed by atoms with E-state index in [-0.39, 0.29) is 54.7 Å². The lowest BCUT2D eigenvalue weighted by atomic mass is 9.99. The molecule has 0 N–H and O–H groups in total. The Morgan fingerprint density at radius 1 is 1.10 bits per heavy atom. The first-order chi connectivity index (χ1) is 14.8. The van der Waals surface area contributed by atoms with Crippen LogP contribution in [0, 0.1) is 11.6 Å². The molecule has 2 aromatic carbocycles. The highest BCUT2D eigenvalue weighted by atomic mass is 32.2. The van der Waals surface area contributed by atoms with Gasteiger partial charge in [0.1, 0.15) is 5.52 Å². The van der Waals surface area contributed by atoms with Crippen molar-refractivity contribution in [3.05, 3.63) is 54.1 Å². The van der Waals surface area contributed by atoms with Crippen LogP contribution >= 0.6 is 0 Å². The van der Waals surface area contributed by atoms with Gasteiger partial charge in [-0.15, -0.1) is 0 Å². The van der Waals surface area contributed by atoms with Gasteiger partial charge in [0, 0.05) is 31.6 Å². The van der Waals surface area contributed by atoms with Gasteiger partial charge in [0.2, 0.25) is 10.0 Å². The fourth-order valence-corrected chi connectivity index (χ4v) is 5.89. The van der Waals surface area contributed by atoms with Crippen LogP contribution in [0.4, 0.5) is 19.2 Å². The maximum Gasteiger partial charge on any atom is 0.298 e. The highest BCUT2D eigenvalue weighted by Gasteiger charge is 2.57. The summed E-state index contributed by atoms with van der Waals surface area (Å²) in [4.78, 5) is 5.66. The smallest absolute Gasteiger partial charge is 0.298 e. The third kappa shape index (κ3) is 3.19. The minimum Gasteiger partial charge on any atom is -0.423 e. The number of ether oxygens (including phenoxy) is 1. The SMILES string of the molecule is O=S(=O)(c1ccccc1)N1CCO[C@@]12CCN(c1nc3cc(F)c(F)cc3o1)C[C@H]2F. The van der Waals surface area contributed by atoms with Gasteiger partial charge in [0.25, 0.3) is 6.01 Å². The number of hydrogen-bond acceptors (Lipinski definition) is 6. The van der Waals surface area contributed by atoms with Gasteiger partial charge >= 0.3 is 0 Å². The first-order valence-corrected chi connectivity index (χ1v) is 11.1. The number of halogens is 3. The Bertz CT molecular complexity index is 1200. The summed E-state index contributed by atoms with van der Waals surface area (Å²) in [5, 5.41) is 0. The van der Waals surface area contributed by atoms with E-state index < -0.39 is 33.6 Å². The lowest BCUT2D eigenvalue weighted by molar-refractivity contribution is -0.116. The number of sulfonamides is 1. The van der Waals surface area contributed by atoms with E-state index in [9.17, 15) is 17.2 Å². The van der Waals surface area contributed by atoms with Crippen LogP contribution in [0.2, 0.25) is 0 Å². The highest BCUT2D eigenvalue weighted by Crippen LogP contribution is 2.41. The standard InChI is InChI=1S/C20H18F3N3O4S/c21-14-10-16-17(11-15(14)22)30-19(24-16)25-7-6-20(18(23)12-25)26(8-9-29-20)31(27,28)13-4-2-1-3-5-13/h1-5,10-11,18H,6-9,12H2/t18-,20-/m1/s1. The predicted molar refractivity (Wildman–Crippen MR) is 105 cm³/mol. The van der Waals surface area contributed by atoms with Crippen molar-refractivity contribution in [2.24, 2.45) is 0 Å². The van der Waals surface area contributed by atoms with Gasteiger partial charge < -0.3 is 14.1 Å². The molecule has 0 amide bonds. The molecular weight excluding hydrogens is 435 g/mol. The number of nitrogens with zero attached hydrogens (tertiary/aromatic N) is 3. The number of hydrogen-bond donors (Lipinski definition) is 0.